The van der Waals surface area contributed by atoms with E-state index < -0.39 is 10.0 Å². The average molecular weight is 505 g/mol. The zero-order chi connectivity index (χ0) is 23.6. The molecule has 1 unspecified atom stereocenters. The lowest BCUT2D eigenvalue weighted by molar-refractivity contribution is 0.0730. The first-order valence-electron chi connectivity index (χ1n) is 12.3. The van der Waals surface area contributed by atoms with Crippen molar-refractivity contribution in [3.05, 3.63) is 64.2 Å². The summed E-state index contributed by atoms with van der Waals surface area (Å²) in [5.74, 6) is 0.906. The van der Waals surface area contributed by atoms with Gasteiger partial charge >= 0.3 is 0 Å². The number of nitrogens with one attached hydrogen (secondary N) is 1. The maximum atomic E-state index is 12.5. The lowest BCUT2D eigenvalue weighted by Gasteiger charge is -2.50. The van der Waals surface area contributed by atoms with E-state index in [0.717, 1.165) is 36.6 Å². The fraction of sp³-hybridized carbons (Fsp3) is 0.538. The van der Waals surface area contributed by atoms with E-state index >= 15 is 0 Å². The molecule has 1 aliphatic carbocycles. The van der Waals surface area contributed by atoms with Crippen molar-refractivity contribution in [2.75, 3.05) is 45.2 Å². The van der Waals surface area contributed by atoms with Gasteiger partial charge < -0.3 is 14.8 Å². The van der Waals surface area contributed by atoms with Crippen molar-refractivity contribution in [1.29, 1.82) is 0 Å². The highest BCUT2D eigenvalue weighted by molar-refractivity contribution is 7.89. The van der Waals surface area contributed by atoms with E-state index in [2.05, 4.69) is 29.6 Å². The Hall–Kier alpha value is -1.64. The Bertz CT molecular complexity index is 1100. The molecule has 3 aliphatic rings. The van der Waals surface area contributed by atoms with Crippen LogP contribution in [0.2, 0.25) is 5.02 Å². The second-order valence-corrected chi connectivity index (χ2v) is 12.1. The molecule has 1 atom stereocenters. The minimum absolute atomic E-state index is 0.0740. The molecule has 0 amide bonds. The predicted octanol–water partition coefficient (Wildman–Crippen LogP) is 4.08. The summed E-state index contributed by atoms with van der Waals surface area (Å²) in [6.07, 6.45) is 4.99. The number of halogens is 1. The highest BCUT2D eigenvalue weighted by Gasteiger charge is 2.47. The van der Waals surface area contributed by atoms with Crippen LogP contribution in [-0.2, 0) is 26.6 Å². The Morgan fingerprint density at radius 3 is 2.59 bits per heavy atom. The third-order valence-electron chi connectivity index (χ3n) is 7.57. The smallest absolute Gasteiger partial charge is 0.214 e. The third-order valence-corrected chi connectivity index (χ3v) is 9.78. The van der Waals surface area contributed by atoms with Gasteiger partial charge in [0.2, 0.25) is 10.0 Å². The summed E-state index contributed by atoms with van der Waals surface area (Å²) in [5, 5.41) is 4.56. The van der Waals surface area contributed by atoms with Crippen molar-refractivity contribution in [3.8, 4) is 5.75 Å². The zero-order valence-electron chi connectivity index (χ0n) is 19.5. The van der Waals surface area contributed by atoms with Gasteiger partial charge in [0.05, 0.1) is 25.6 Å². The highest BCUT2D eigenvalue weighted by Crippen LogP contribution is 2.53. The first-order valence-corrected chi connectivity index (χ1v) is 14.3. The Morgan fingerprint density at radius 1 is 1.12 bits per heavy atom. The monoisotopic (exact) mass is 504 g/mol. The molecule has 0 bridgehead atoms. The molecule has 2 aromatic rings. The summed E-state index contributed by atoms with van der Waals surface area (Å²) < 4.78 is 37.9. The molecular formula is C26H33ClN2O4S. The van der Waals surface area contributed by atoms with Crippen LogP contribution >= 0.6 is 11.6 Å². The SMILES string of the molecule is O=S(=O)(CCCOc1ccc2c(c1)C(C1(c3ccc(Cl)cc3)CCC1)NCC2)N1CCOCC1. The van der Waals surface area contributed by atoms with E-state index in [4.69, 9.17) is 21.1 Å². The molecule has 6 nitrogen and oxygen atoms in total. The van der Waals surface area contributed by atoms with Crippen molar-refractivity contribution in [2.45, 2.75) is 43.6 Å². The molecule has 2 heterocycles. The van der Waals surface area contributed by atoms with Gasteiger partial charge in [-0.1, -0.05) is 36.2 Å². The maximum absolute atomic E-state index is 12.5. The zero-order valence-corrected chi connectivity index (χ0v) is 21.0. The van der Waals surface area contributed by atoms with Gasteiger partial charge in [-0.3, -0.25) is 0 Å². The number of morpholine rings is 1. The van der Waals surface area contributed by atoms with Gasteiger partial charge in [0.15, 0.2) is 0 Å². The van der Waals surface area contributed by atoms with E-state index in [1.165, 1.54) is 27.4 Å². The second kappa shape index (κ2) is 10.2. The quantitative estimate of drug-likeness (QED) is 0.549. The van der Waals surface area contributed by atoms with Crippen LogP contribution in [0.25, 0.3) is 0 Å². The number of nitrogens with zero attached hydrogens (tertiary/aromatic N) is 1. The fourth-order valence-electron chi connectivity index (χ4n) is 5.58. The van der Waals surface area contributed by atoms with Crippen molar-refractivity contribution in [3.63, 3.8) is 0 Å². The molecule has 0 aromatic heterocycles. The van der Waals surface area contributed by atoms with Crippen LogP contribution in [0.5, 0.6) is 5.75 Å². The van der Waals surface area contributed by atoms with Crippen molar-refractivity contribution in [1.82, 2.24) is 9.62 Å². The first kappa shape index (κ1) is 24.1. The largest absolute Gasteiger partial charge is 0.494 e. The Balaban J connectivity index is 1.27. The molecule has 2 aromatic carbocycles. The molecule has 8 heteroatoms. The summed E-state index contributed by atoms with van der Waals surface area (Å²) in [7, 11) is -3.26. The van der Waals surface area contributed by atoms with Crippen LogP contribution in [0.1, 0.15) is 48.4 Å². The second-order valence-electron chi connectivity index (χ2n) is 9.54. The molecular weight excluding hydrogens is 472 g/mol. The van der Waals surface area contributed by atoms with Crippen molar-refractivity contribution >= 4 is 21.6 Å². The summed E-state index contributed by atoms with van der Waals surface area (Å²) >= 11 is 6.17. The van der Waals surface area contributed by atoms with E-state index in [-0.39, 0.29) is 17.2 Å². The van der Waals surface area contributed by atoms with Gasteiger partial charge in [-0.2, -0.15) is 4.31 Å². The molecule has 0 radical (unpaired) electrons. The molecule has 1 saturated carbocycles. The minimum Gasteiger partial charge on any atom is -0.494 e. The number of sulfonamides is 1. The first-order chi connectivity index (χ1) is 16.5. The summed E-state index contributed by atoms with van der Waals surface area (Å²) in [4.78, 5) is 0. The van der Waals surface area contributed by atoms with Gasteiger partial charge in [-0.05, 0) is 73.2 Å². The number of rotatable bonds is 8. The van der Waals surface area contributed by atoms with Gasteiger partial charge in [-0.15, -0.1) is 0 Å². The van der Waals surface area contributed by atoms with Crippen molar-refractivity contribution in [2.24, 2.45) is 0 Å². The van der Waals surface area contributed by atoms with Gasteiger partial charge in [0, 0.05) is 29.6 Å². The molecule has 2 fully saturated rings. The fourth-order valence-corrected chi connectivity index (χ4v) is 7.15. The topological polar surface area (TPSA) is 67.9 Å². The summed E-state index contributed by atoms with van der Waals surface area (Å²) in [6, 6.07) is 14.9. The normalized spacial score (nSPS) is 22.6. The molecule has 34 heavy (non-hydrogen) atoms. The lowest BCUT2D eigenvalue weighted by Crippen LogP contribution is -2.49. The standard InChI is InChI=1S/C26H33ClN2O4S/c27-22-6-4-21(5-7-22)26(10-1-11-26)25-24-19-23(8-3-20(24)9-12-28-25)33-15-2-18-34(30,31)29-13-16-32-17-14-29/h3-8,19,25,28H,1-2,9-18H2. The van der Waals surface area contributed by atoms with Crippen LogP contribution in [0.15, 0.2) is 42.5 Å². The van der Waals surface area contributed by atoms with E-state index in [1.54, 1.807) is 0 Å². The Labute approximate surface area is 207 Å². The van der Waals surface area contributed by atoms with E-state index in [9.17, 15) is 8.42 Å². The van der Waals surface area contributed by atoms with Crippen molar-refractivity contribution < 1.29 is 17.9 Å². The summed E-state index contributed by atoms with van der Waals surface area (Å²) in [5.41, 5.74) is 4.09. The summed E-state index contributed by atoms with van der Waals surface area (Å²) in [6.45, 7) is 3.17. The third kappa shape index (κ3) is 4.86. The van der Waals surface area contributed by atoms with E-state index in [1.807, 2.05) is 18.2 Å². The predicted molar refractivity (Wildman–Crippen MR) is 134 cm³/mol. The number of hydrogen-bond donors (Lipinski definition) is 1. The van der Waals surface area contributed by atoms with Gasteiger partial charge in [0.25, 0.3) is 0 Å². The molecule has 5 rings (SSSR count). The van der Waals surface area contributed by atoms with Crippen LogP contribution < -0.4 is 10.1 Å². The number of fused-ring (bicyclic) bond motifs is 1. The molecule has 1 N–H and O–H groups in total. The van der Waals surface area contributed by atoms with Crippen LogP contribution in [-0.4, -0.2) is 57.9 Å². The van der Waals surface area contributed by atoms with Crippen LogP contribution in [0, 0.1) is 0 Å². The maximum Gasteiger partial charge on any atom is 0.214 e. The number of ether oxygens (including phenoxy) is 2. The Morgan fingerprint density at radius 2 is 1.88 bits per heavy atom. The van der Waals surface area contributed by atoms with Crippen LogP contribution in [0.3, 0.4) is 0 Å². The molecule has 184 valence electrons. The molecule has 1 saturated heterocycles. The highest BCUT2D eigenvalue weighted by atomic mass is 35.5. The van der Waals surface area contributed by atoms with E-state index in [0.29, 0.717) is 39.3 Å². The number of hydrogen-bond acceptors (Lipinski definition) is 5. The molecule has 0 spiro atoms. The van der Waals surface area contributed by atoms with Gasteiger partial charge in [0.1, 0.15) is 5.75 Å². The number of benzene rings is 2. The Kier molecular flexibility index (Phi) is 7.19. The lowest BCUT2D eigenvalue weighted by atomic mass is 9.58. The average Bonchev–Trinajstić information content (AvgIpc) is 2.83. The minimum atomic E-state index is -3.26. The molecule has 2 aliphatic heterocycles. The van der Waals surface area contributed by atoms with Gasteiger partial charge in [-0.25, -0.2) is 8.42 Å². The van der Waals surface area contributed by atoms with Crippen LogP contribution in [0.4, 0.5) is 0 Å².